The summed E-state index contributed by atoms with van der Waals surface area (Å²) in [6.07, 6.45) is 7.19. The average Bonchev–Trinajstić information content (AvgIpc) is 2.08. The normalized spacial score (nSPS) is 11.6. The van der Waals surface area contributed by atoms with Gasteiger partial charge in [0.25, 0.3) is 0 Å². The van der Waals surface area contributed by atoms with Crippen LogP contribution in [0.1, 0.15) is 52.4 Å². The van der Waals surface area contributed by atoms with Crippen LogP contribution in [0.5, 0.6) is 0 Å². The molecule has 0 amide bonds. The monoisotopic (exact) mass is 222 g/mol. The molecule has 0 aliphatic carbocycles. The van der Waals surface area contributed by atoms with Crippen molar-refractivity contribution in [3.63, 3.8) is 0 Å². The zero-order valence-electron chi connectivity index (χ0n) is 9.28. The molecule has 86 valence electrons. The topological polar surface area (TPSA) is 49.7 Å². The second-order valence-electron chi connectivity index (χ2n) is 4.04. The van der Waals surface area contributed by atoms with Gasteiger partial charge >= 0.3 is 8.60 Å². The number of hydrogen-bond donors (Lipinski definition) is 2. The molecule has 0 radical (unpaired) electrons. The Morgan fingerprint density at radius 1 is 1.00 bits per heavy atom. The largest absolute Gasteiger partial charge is 0.328 e. The molecule has 0 atom stereocenters. The molecule has 0 aromatic rings. The molecule has 4 heteroatoms. The van der Waals surface area contributed by atoms with Gasteiger partial charge in [-0.2, -0.15) is 0 Å². The molecular weight excluding hydrogens is 199 g/mol. The molecule has 0 fully saturated rings. The first-order chi connectivity index (χ1) is 6.63. The van der Waals surface area contributed by atoms with Gasteiger partial charge < -0.3 is 14.3 Å². The molecule has 0 unspecified atom stereocenters. The van der Waals surface area contributed by atoms with Crippen molar-refractivity contribution in [3.05, 3.63) is 0 Å². The van der Waals surface area contributed by atoms with E-state index in [0.29, 0.717) is 6.61 Å². The van der Waals surface area contributed by atoms with Crippen molar-refractivity contribution in [3.8, 4) is 0 Å². The Labute approximate surface area is 88.5 Å². The maximum absolute atomic E-state index is 8.45. The van der Waals surface area contributed by atoms with Crippen LogP contribution in [0.2, 0.25) is 0 Å². The average molecular weight is 222 g/mol. The highest BCUT2D eigenvalue weighted by atomic mass is 31.2. The Hall–Kier alpha value is 0.310. The molecule has 0 aliphatic heterocycles. The van der Waals surface area contributed by atoms with E-state index in [2.05, 4.69) is 18.4 Å². The van der Waals surface area contributed by atoms with Crippen LogP contribution in [-0.2, 0) is 4.52 Å². The van der Waals surface area contributed by atoms with Crippen molar-refractivity contribution >= 4 is 8.60 Å². The standard InChI is InChI=1S/C10H23O3P/c1-10(2)8-6-4-3-5-7-9-13-14(11)12/h10-12H,3-9H2,1-2H3. The van der Waals surface area contributed by atoms with E-state index in [1.165, 1.54) is 25.7 Å². The fourth-order valence-corrected chi connectivity index (χ4v) is 1.62. The van der Waals surface area contributed by atoms with E-state index in [0.717, 1.165) is 18.8 Å². The van der Waals surface area contributed by atoms with E-state index >= 15 is 0 Å². The fourth-order valence-electron chi connectivity index (χ4n) is 1.33. The molecule has 0 aromatic heterocycles. The summed E-state index contributed by atoms with van der Waals surface area (Å²) in [6, 6.07) is 0. The second-order valence-corrected chi connectivity index (χ2v) is 4.80. The van der Waals surface area contributed by atoms with Gasteiger partial charge in [0.2, 0.25) is 0 Å². The third kappa shape index (κ3) is 12.3. The molecule has 0 saturated carbocycles. The van der Waals surface area contributed by atoms with Crippen LogP contribution in [0.3, 0.4) is 0 Å². The molecule has 14 heavy (non-hydrogen) atoms. The summed E-state index contributed by atoms with van der Waals surface area (Å²) in [7, 11) is -2.14. The first-order valence-electron chi connectivity index (χ1n) is 5.43. The number of hydrogen-bond acceptors (Lipinski definition) is 3. The molecule has 0 spiro atoms. The van der Waals surface area contributed by atoms with Gasteiger partial charge in [0.05, 0.1) is 6.61 Å². The third-order valence-corrected chi connectivity index (χ3v) is 2.55. The lowest BCUT2D eigenvalue weighted by molar-refractivity contribution is 0.248. The molecule has 0 aliphatic rings. The fraction of sp³-hybridized carbons (Fsp3) is 1.00. The van der Waals surface area contributed by atoms with Gasteiger partial charge in [0.15, 0.2) is 0 Å². The van der Waals surface area contributed by atoms with Gasteiger partial charge in [0, 0.05) is 0 Å². The summed E-state index contributed by atoms with van der Waals surface area (Å²) in [4.78, 5) is 16.9. The molecule has 0 aromatic carbocycles. The minimum atomic E-state index is -2.14. The van der Waals surface area contributed by atoms with Crippen molar-refractivity contribution in [2.45, 2.75) is 52.4 Å². The van der Waals surface area contributed by atoms with Crippen LogP contribution in [0.15, 0.2) is 0 Å². The predicted octanol–water partition coefficient (Wildman–Crippen LogP) is 3.21. The lowest BCUT2D eigenvalue weighted by Crippen LogP contribution is -1.90. The van der Waals surface area contributed by atoms with Gasteiger partial charge in [-0.1, -0.05) is 46.0 Å². The van der Waals surface area contributed by atoms with Crippen LogP contribution < -0.4 is 0 Å². The molecule has 3 nitrogen and oxygen atoms in total. The zero-order chi connectivity index (χ0) is 10.8. The molecule has 0 rings (SSSR count). The van der Waals surface area contributed by atoms with E-state index in [9.17, 15) is 0 Å². The van der Waals surface area contributed by atoms with Gasteiger partial charge in [0.1, 0.15) is 0 Å². The lowest BCUT2D eigenvalue weighted by atomic mass is 10.0. The van der Waals surface area contributed by atoms with E-state index in [1.807, 2.05) is 0 Å². The highest BCUT2D eigenvalue weighted by molar-refractivity contribution is 7.39. The van der Waals surface area contributed by atoms with Crippen LogP contribution in [0.4, 0.5) is 0 Å². The Morgan fingerprint density at radius 2 is 1.57 bits per heavy atom. The number of unbranched alkanes of at least 4 members (excludes halogenated alkanes) is 4. The lowest BCUT2D eigenvalue weighted by Gasteiger charge is -2.05. The molecule has 2 N–H and O–H groups in total. The summed E-state index contributed by atoms with van der Waals surface area (Å²) in [6.45, 7) is 4.97. The van der Waals surface area contributed by atoms with Gasteiger partial charge in [-0.05, 0) is 12.3 Å². The van der Waals surface area contributed by atoms with Crippen LogP contribution >= 0.6 is 8.60 Å². The van der Waals surface area contributed by atoms with Crippen LogP contribution in [-0.4, -0.2) is 16.4 Å². The van der Waals surface area contributed by atoms with Crippen molar-refractivity contribution in [2.24, 2.45) is 5.92 Å². The Morgan fingerprint density at radius 3 is 2.14 bits per heavy atom. The smallest absolute Gasteiger partial charge is 0.327 e. The van der Waals surface area contributed by atoms with E-state index in [4.69, 9.17) is 9.79 Å². The highest BCUT2D eigenvalue weighted by Gasteiger charge is 1.98. The van der Waals surface area contributed by atoms with Crippen molar-refractivity contribution in [2.75, 3.05) is 6.61 Å². The third-order valence-electron chi connectivity index (χ3n) is 2.13. The maximum Gasteiger partial charge on any atom is 0.327 e. The van der Waals surface area contributed by atoms with E-state index < -0.39 is 8.60 Å². The Bertz CT molecular complexity index is 104. The van der Waals surface area contributed by atoms with Crippen molar-refractivity contribution < 1.29 is 14.3 Å². The van der Waals surface area contributed by atoms with Crippen LogP contribution in [0, 0.1) is 5.92 Å². The summed E-state index contributed by atoms with van der Waals surface area (Å²) in [5.74, 6) is 0.811. The van der Waals surface area contributed by atoms with E-state index in [-0.39, 0.29) is 0 Å². The summed E-state index contributed by atoms with van der Waals surface area (Å²) < 4.78 is 4.66. The quantitative estimate of drug-likeness (QED) is 0.465. The highest BCUT2D eigenvalue weighted by Crippen LogP contribution is 2.24. The first kappa shape index (κ1) is 14.3. The summed E-state index contributed by atoms with van der Waals surface area (Å²) in [5.41, 5.74) is 0. The predicted molar refractivity (Wildman–Crippen MR) is 59.8 cm³/mol. The Kier molecular flexibility index (Phi) is 10.1. The molecule has 0 heterocycles. The first-order valence-corrected chi connectivity index (χ1v) is 6.60. The van der Waals surface area contributed by atoms with Gasteiger partial charge in [-0.15, -0.1) is 0 Å². The van der Waals surface area contributed by atoms with Crippen molar-refractivity contribution in [1.82, 2.24) is 0 Å². The second kappa shape index (κ2) is 9.85. The zero-order valence-corrected chi connectivity index (χ0v) is 10.2. The molecule has 0 saturated heterocycles. The minimum Gasteiger partial charge on any atom is -0.328 e. The number of rotatable bonds is 9. The molecular formula is C10H23O3P. The SMILES string of the molecule is CC(C)CCCCCCCOP(O)O. The molecule has 0 bridgehead atoms. The minimum absolute atomic E-state index is 0.475. The maximum atomic E-state index is 8.45. The van der Waals surface area contributed by atoms with Crippen LogP contribution in [0.25, 0.3) is 0 Å². The van der Waals surface area contributed by atoms with Crippen molar-refractivity contribution in [1.29, 1.82) is 0 Å². The van der Waals surface area contributed by atoms with Gasteiger partial charge in [-0.25, -0.2) is 0 Å². The van der Waals surface area contributed by atoms with E-state index in [1.54, 1.807) is 0 Å². The Balaban J connectivity index is 2.92. The summed E-state index contributed by atoms with van der Waals surface area (Å²) >= 11 is 0. The summed E-state index contributed by atoms with van der Waals surface area (Å²) in [5, 5.41) is 0. The van der Waals surface area contributed by atoms with Gasteiger partial charge in [-0.3, -0.25) is 0 Å².